The molecule has 0 spiro atoms. The number of benzene rings is 11. The molecule has 0 radical (unpaired) electrons. The van der Waals surface area contributed by atoms with Crippen LogP contribution in [0.2, 0.25) is 0 Å². The minimum Gasteiger partial charge on any atom is -0.0622 e. The normalized spacial score (nSPS) is 11.7. The highest BCUT2D eigenvalue weighted by molar-refractivity contribution is 6.24. The third-order valence-corrected chi connectivity index (χ3v) is 11.4. The maximum atomic E-state index is 2.47. The Bertz CT molecular complexity index is 2960. The third-order valence-electron chi connectivity index (χ3n) is 11.4. The van der Waals surface area contributed by atoms with Crippen LogP contribution >= 0.6 is 0 Å². The summed E-state index contributed by atoms with van der Waals surface area (Å²) >= 11 is 0. The lowest BCUT2D eigenvalue weighted by atomic mass is 9.82. The van der Waals surface area contributed by atoms with Crippen LogP contribution in [0.15, 0.2) is 206 Å². The van der Waals surface area contributed by atoms with Gasteiger partial charge in [0.1, 0.15) is 0 Å². The molecule has 0 N–H and O–H groups in total. The summed E-state index contributed by atoms with van der Waals surface area (Å²) in [6.45, 7) is 0. The van der Waals surface area contributed by atoms with Gasteiger partial charge in [0.05, 0.1) is 0 Å². The van der Waals surface area contributed by atoms with Crippen molar-refractivity contribution in [3.8, 4) is 44.5 Å². The smallest absolute Gasteiger partial charge is 0.00259 e. The molecule has 250 valence electrons. The Labute approximate surface area is 314 Å². The highest BCUT2D eigenvalue weighted by Gasteiger charge is 2.20. The molecule has 0 heteroatoms. The van der Waals surface area contributed by atoms with E-state index in [2.05, 4.69) is 206 Å². The maximum absolute atomic E-state index is 2.47. The van der Waals surface area contributed by atoms with Gasteiger partial charge in [0, 0.05) is 0 Å². The van der Waals surface area contributed by atoms with Crippen LogP contribution in [-0.4, -0.2) is 0 Å². The predicted octanol–water partition coefficient (Wildman–Crippen LogP) is 15.3. The molecule has 0 aliphatic heterocycles. The molecule has 0 aromatic heterocycles. The minimum atomic E-state index is 1.21. The van der Waals surface area contributed by atoms with Crippen LogP contribution in [0.4, 0.5) is 0 Å². The van der Waals surface area contributed by atoms with Crippen LogP contribution in [0.1, 0.15) is 0 Å². The van der Waals surface area contributed by atoms with Crippen molar-refractivity contribution in [3.05, 3.63) is 206 Å². The van der Waals surface area contributed by atoms with E-state index in [-0.39, 0.29) is 0 Å². The van der Waals surface area contributed by atoms with Crippen molar-refractivity contribution < 1.29 is 0 Å². The quantitative estimate of drug-likeness (QED) is 0.162. The summed E-state index contributed by atoms with van der Waals surface area (Å²) in [5, 5.41) is 15.1. The zero-order valence-electron chi connectivity index (χ0n) is 29.6. The van der Waals surface area contributed by atoms with Crippen LogP contribution in [0, 0.1) is 0 Å². The van der Waals surface area contributed by atoms with Gasteiger partial charge in [0.15, 0.2) is 0 Å². The summed E-state index contributed by atoms with van der Waals surface area (Å²) in [6, 6.07) is 76.3. The molecule has 0 aliphatic rings. The first-order valence-electron chi connectivity index (χ1n) is 18.8. The minimum absolute atomic E-state index is 1.21. The molecule has 0 aliphatic carbocycles. The maximum Gasteiger partial charge on any atom is -0.00259 e. The molecule has 0 nitrogen and oxygen atoms in total. The molecule has 11 aromatic rings. The van der Waals surface area contributed by atoms with E-state index in [0.717, 1.165) is 0 Å². The Morgan fingerprint density at radius 2 is 0.463 bits per heavy atom. The Hall–Kier alpha value is -7.02. The van der Waals surface area contributed by atoms with Gasteiger partial charge in [-0.25, -0.2) is 0 Å². The number of fused-ring (bicyclic) bond motifs is 6. The average molecular weight is 683 g/mol. The summed E-state index contributed by atoms with van der Waals surface area (Å²) in [4.78, 5) is 0. The molecule has 0 saturated carbocycles. The second-order valence-electron chi connectivity index (χ2n) is 14.4. The first-order chi connectivity index (χ1) is 26.8. The summed E-state index contributed by atoms with van der Waals surface area (Å²) in [5.41, 5.74) is 9.97. The van der Waals surface area contributed by atoms with Crippen molar-refractivity contribution in [3.63, 3.8) is 0 Å². The van der Waals surface area contributed by atoms with E-state index >= 15 is 0 Å². The summed E-state index contributed by atoms with van der Waals surface area (Å²) in [5.74, 6) is 0. The van der Waals surface area contributed by atoms with Crippen molar-refractivity contribution in [2.45, 2.75) is 0 Å². The van der Waals surface area contributed by atoms with Crippen molar-refractivity contribution >= 4 is 64.6 Å². The Balaban J connectivity index is 1.31. The monoisotopic (exact) mass is 682 g/mol. The van der Waals surface area contributed by atoms with E-state index < -0.39 is 0 Å². The largest absolute Gasteiger partial charge is 0.0622 e. The van der Waals surface area contributed by atoms with E-state index in [4.69, 9.17) is 0 Å². The Morgan fingerprint density at radius 3 is 0.833 bits per heavy atom. The molecule has 0 heterocycles. The zero-order valence-corrected chi connectivity index (χ0v) is 29.6. The fourth-order valence-corrected chi connectivity index (χ4v) is 9.02. The topological polar surface area (TPSA) is 0 Å². The lowest BCUT2D eigenvalue weighted by Crippen LogP contribution is -1.93. The van der Waals surface area contributed by atoms with E-state index in [0.29, 0.717) is 0 Å². The standard InChI is InChI=1S/C54H34/c1-3-15-35(16-4-1)51-47-29-27-41(53-43-23-11-7-19-37(43)31-38-20-8-12-24-44(38)53)33-49(47)52(36-17-5-2-6-18-36)50-34-42(28-30-48(50)51)54-45-25-13-9-21-39(45)32-40-22-10-14-26-46(40)54/h1-34H. The first kappa shape index (κ1) is 30.6. The van der Waals surface area contributed by atoms with E-state index in [1.807, 2.05) is 0 Å². The van der Waals surface area contributed by atoms with Gasteiger partial charge >= 0.3 is 0 Å². The summed E-state index contributed by atoms with van der Waals surface area (Å²) < 4.78 is 0. The van der Waals surface area contributed by atoms with Crippen molar-refractivity contribution in [1.29, 1.82) is 0 Å². The van der Waals surface area contributed by atoms with E-state index in [1.54, 1.807) is 0 Å². The van der Waals surface area contributed by atoms with Crippen LogP contribution in [0.25, 0.3) is 109 Å². The van der Waals surface area contributed by atoms with Gasteiger partial charge < -0.3 is 0 Å². The Kier molecular flexibility index (Phi) is 6.97. The summed E-state index contributed by atoms with van der Waals surface area (Å²) in [6.07, 6.45) is 0. The van der Waals surface area contributed by atoms with Gasteiger partial charge in [-0.15, -0.1) is 0 Å². The Morgan fingerprint density at radius 1 is 0.167 bits per heavy atom. The fraction of sp³-hybridized carbons (Fsp3) is 0. The van der Waals surface area contributed by atoms with Gasteiger partial charge in [-0.1, -0.05) is 182 Å². The molecule has 11 aromatic carbocycles. The number of rotatable bonds is 4. The first-order valence-corrected chi connectivity index (χ1v) is 18.8. The van der Waals surface area contributed by atoms with Gasteiger partial charge in [-0.2, -0.15) is 0 Å². The molecule has 0 unspecified atom stereocenters. The number of hydrogen-bond acceptors (Lipinski definition) is 0. The number of hydrogen-bond donors (Lipinski definition) is 0. The molecule has 0 saturated heterocycles. The lowest BCUT2D eigenvalue weighted by molar-refractivity contribution is 1.64. The molecule has 0 atom stereocenters. The average Bonchev–Trinajstić information content (AvgIpc) is 3.24. The molecular weight excluding hydrogens is 649 g/mol. The van der Waals surface area contributed by atoms with E-state index in [1.165, 1.54) is 109 Å². The second-order valence-corrected chi connectivity index (χ2v) is 14.4. The van der Waals surface area contributed by atoms with Crippen LogP contribution in [0.3, 0.4) is 0 Å². The summed E-state index contributed by atoms with van der Waals surface area (Å²) in [7, 11) is 0. The molecule has 0 fully saturated rings. The molecule has 0 amide bonds. The third kappa shape index (κ3) is 4.78. The van der Waals surface area contributed by atoms with Crippen LogP contribution in [-0.2, 0) is 0 Å². The molecule has 11 rings (SSSR count). The van der Waals surface area contributed by atoms with Gasteiger partial charge in [0.2, 0.25) is 0 Å². The highest BCUT2D eigenvalue weighted by Crippen LogP contribution is 2.48. The van der Waals surface area contributed by atoms with Gasteiger partial charge in [-0.3, -0.25) is 0 Å². The predicted molar refractivity (Wildman–Crippen MR) is 233 cm³/mol. The highest BCUT2D eigenvalue weighted by atomic mass is 14.2. The van der Waals surface area contributed by atoms with Gasteiger partial charge in [-0.05, 0) is 133 Å². The molecule has 54 heavy (non-hydrogen) atoms. The van der Waals surface area contributed by atoms with Crippen LogP contribution < -0.4 is 0 Å². The van der Waals surface area contributed by atoms with E-state index in [9.17, 15) is 0 Å². The SMILES string of the molecule is c1ccc(-c2c3ccc(-c4c5ccccc5cc5ccccc45)cc3c(-c3ccccc3)c3cc(-c4c5ccccc5cc5ccccc45)ccc23)cc1. The molecule has 0 bridgehead atoms. The fourth-order valence-electron chi connectivity index (χ4n) is 9.02. The van der Waals surface area contributed by atoms with Crippen molar-refractivity contribution in [2.75, 3.05) is 0 Å². The molecular formula is C54H34. The van der Waals surface area contributed by atoms with Crippen molar-refractivity contribution in [2.24, 2.45) is 0 Å². The zero-order chi connectivity index (χ0) is 35.6. The lowest BCUT2D eigenvalue weighted by Gasteiger charge is -2.21. The van der Waals surface area contributed by atoms with Crippen LogP contribution in [0.5, 0.6) is 0 Å². The van der Waals surface area contributed by atoms with Crippen molar-refractivity contribution in [1.82, 2.24) is 0 Å². The van der Waals surface area contributed by atoms with Gasteiger partial charge in [0.25, 0.3) is 0 Å². The second kappa shape index (κ2) is 12.3.